The van der Waals surface area contributed by atoms with Crippen molar-refractivity contribution in [2.45, 2.75) is 19.9 Å². The molecule has 1 aromatic heterocycles. The smallest absolute Gasteiger partial charge is 0.326 e. The minimum absolute atomic E-state index is 0.523. The summed E-state index contributed by atoms with van der Waals surface area (Å²) in [5, 5.41) is 10.1. The lowest BCUT2D eigenvalue weighted by atomic mass is 10.2. The number of hydrogen-bond acceptors (Lipinski definition) is 1. The van der Waals surface area contributed by atoms with Crippen molar-refractivity contribution in [2.24, 2.45) is 0 Å². The third kappa shape index (κ3) is 1.50. The van der Waals surface area contributed by atoms with E-state index in [-0.39, 0.29) is 0 Å². The van der Waals surface area contributed by atoms with Crippen LogP contribution in [0.2, 0.25) is 0 Å². The number of aryl methyl sites for hydroxylation is 1. The van der Waals surface area contributed by atoms with Crippen LogP contribution in [-0.2, 0) is 4.79 Å². The number of aliphatic carboxylic acids is 1. The monoisotopic (exact) mass is 203 g/mol. The van der Waals surface area contributed by atoms with Crippen LogP contribution in [0.1, 0.15) is 18.7 Å². The second-order valence-corrected chi connectivity index (χ2v) is 3.73. The third-order valence-electron chi connectivity index (χ3n) is 2.69. The fourth-order valence-corrected chi connectivity index (χ4v) is 1.94. The van der Waals surface area contributed by atoms with Crippen LogP contribution < -0.4 is 0 Å². The van der Waals surface area contributed by atoms with Crippen molar-refractivity contribution in [1.82, 2.24) is 4.57 Å². The first-order valence-corrected chi connectivity index (χ1v) is 4.90. The summed E-state index contributed by atoms with van der Waals surface area (Å²) in [5.74, 6) is -0.806. The van der Waals surface area contributed by atoms with E-state index in [1.807, 2.05) is 41.8 Å². The van der Waals surface area contributed by atoms with Crippen molar-refractivity contribution in [1.29, 1.82) is 0 Å². The second-order valence-electron chi connectivity index (χ2n) is 3.73. The van der Waals surface area contributed by atoms with E-state index in [9.17, 15) is 4.79 Å². The van der Waals surface area contributed by atoms with Crippen LogP contribution in [-0.4, -0.2) is 15.6 Å². The molecule has 0 aliphatic carbocycles. The molecule has 1 aromatic carbocycles. The van der Waals surface area contributed by atoms with Gasteiger partial charge in [-0.05, 0) is 31.4 Å². The van der Waals surface area contributed by atoms with E-state index in [0.717, 1.165) is 16.6 Å². The summed E-state index contributed by atoms with van der Waals surface area (Å²) in [6.45, 7) is 3.63. The molecule has 2 rings (SSSR count). The molecule has 1 atom stereocenters. The summed E-state index contributed by atoms with van der Waals surface area (Å²) >= 11 is 0. The first kappa shape index (κ1) is 9.77. The number of benzene rings is 1. The molecule has 1 heterocycles. The lowest BCUT2D eigenvalue weighted by Crippen LogP contribution is -2.16. The molecule has 1 N–H and O–H groups in total. The Morgan fingerprint density at radius 1 is 1.40 bits per heavy atom. The Bertz CT molecular complexity index is 513. The molecule has 0 saturated carbocycles. The summed E-state index contributed by atoms with van der Waals surface area (Å²) in [7, 11) is 0. The number of carbonyl (C=O) groups is 1. The quantitative estimate of drug-likeness (QED) is 0.815. The number of fused-ring (bicyclic) bond motifs is 1. The molecule has 0 unspecified atom stereocenters. The lowest BCUT2D eigenvalue weighted by molar-refractivity contribution is -0.140. The van der Waals surface area contributed by atoms with E-state index in [0.29, 0.717) is 0 Å². The Labute approximate surface area is 87.9 Å². The van der Waals surface area contributed by atoms with Crippen LogP contribution in [0.25, 0.3) is 10.9 Å². The molecule has 2 aromatic rings. The number of aromatic nitrogens is 1. The molecule has 78 valence electrons. The summed E-state index contributed by atoms with van der Waals surface area (Å²) in [6, 6.07) is 9.30. The summed E-state index contributed by atoms with van der Waals surface area (Å²) in [5.41, 5.74) is 1.95. The minimum atomic E-state index is -0.806. The van der Waals surface area contributed by atoms with Gasteiger partial charge in [0.15, 0.2) is 0 Å². The molecule has 0 bridgehead atoms. The van der Waals surface area contributed by atoms with Crippen LogP contribution in [0.15, 0.2) is 30.3 Å². The lowest BCUT2D eigenvalue weighted by Gasteiger charge is -2.12. The van der Waals surface area contributed by atoms with E-state index < -0.39 is 12.0 Å². The molecule has 15 heavy (non-hydrogen) atoms. The van der Waals surface area contributed by atoms with Gasteiger partial charge in [0.2, 0.25) is 0 Å². The highest BCUT2D eigenvalue weighted by molar-refractivity contribution is 5.84. The summed E-state index contributed by atoms with van der Waals surface area (Å²) < 4.78 is 1.84. The Morgan fingerprint density at radius 3 is 2.73 bits per heavy atom. The highest BCUT2D eigenvalue weighted by atomic mass is 16.4. The normalized spacial score (nSPS) is 12.9. The number of carboxylic acid groups (broad SMARTS) is 1. The van der Waals surface area contributed by atoms with Gasteiger partial charge in [-0.25, -0.2) is 4.79 Å². The average Bonchev–Trinajstić information content (AvgIpc) is 2.52. The first-order valence-electron chi connectivity index (χ1n) is 4.90. The predicted molar refractivity (Wildman–Crippen MR) is 59.0 cm³/mol. The first-order chi connectivity index (χ1) is 7.11. The van der Waals surface area contributed by atoms with Gasteiger partial charge in [-0.2, -0.15) is 0 Å². The average molecular weight is 203 g/mol. The van der Waals surface area contributed by atoms with E-state index in [1.54, 1.807) is 6.92 Å². The van der Waals surface area contributed by atoms with Gasteiger partial charge in [0, 0.05) is 11.2 Å². The highest BCUT2D eigenvalue weighted by Crippen LogP contribution is 2.23. The molecular weight excluding hydrogens is 190 g/mol. The Hall–Kier alpha value is -1.77. The zero-order chi connectivity index (χ0) is 11.0. The van der Waals surface area contributed by atoms with E-state index in [4.69, 9.17) is 5.11 Å². The Balaban J connectivity index is 2.68. The summed E-state index contributed by atoms with van der Waals surface area (Å²) in [4.78, 5) is 11.0. The molecule has 0 aliphatic rings. The van der Waals surface area contributed by atoms with Crippen LogP contribution in [0.4, 0.5) is 0 Å². The van der Waals surface area contributed by atoms with Gasteiger partial charge in [0.1, 0.15) is 6.04 Å². The second kappa shape index (κ2) is 3.42. The maximum absolute atomic E-state index is 11.0. The molecule has 0 amide bonds. The van der Waals surface area contributed by atoms with E-state index in [1.165, 1.54) is 0 Å². The number of carboxylic acids is 1. The SMILES string of the molecule is Cc1cc2ccccc2n1[C@H](C)C(=O)O. The van der Waals surface area contributed by atoms with Gasteiger partial charge in [-0.1, -0.05) is 18.2 Å². The van der Waals surface area contributed by atoms with Crippen molar-refractivity contribution in [2.75, 3.05) is 0 Å². The summed E-state index contributed by atoms with van der Waals surface area (Å²) in [6.07, 6.45) is 0. The fourth-order valence-electron chi connectivity index (χ4n) is 1.94. The van der Waals surface area contributed by atoms with Crippen molar-refractivity contribution < 1.29 is 9.90 Å². The van der Waals surface area contributed by atoms with Gasteiger partial charge < -0.3 is 9.67 Å². The molecule has 3 nitrogen and oxygen atoms in total. The number of nitrogens with zero attached hydrogens (tertiary/aromatic N) is 1. The van der Waals surface area contributed by atoms with Crippen LogP contribution in [0, 0.1) is 6.92 Å². The van der Waals surface area contributed by atoms with Crippen LogP contribution in [0.5, 0.6) is 0 Å². The van der Waals surface area contributed by atoms with Gasteiger partial charge in [0.25, 0.3) is 0 Å². The standard InChI is InChI=1S/C12H13NO2/c1-8-7-10-5-3-4-6-11(10)13(8)9(2)12(14)15/h3-7,9H,1-2H3,(H,14,15)/t9-/m1/s1. The zero-order valence-electron chi connectivity index (χ0n) is 8.77. The topological polar surface area (TPSA) is 42.2 Å². The van der Waals surface area contributed by atoms with E-state index in [2.05, 4.69) is 0 Å². The number of hydrogen-bond donors (Lipinski definition) is 1. The third-order valence-corrected chi connectivity index (χ3v) is 2.69. The molecule has 0 saturated heterocycles. The maximum atomic E-state index is 11.0. The van der Waals surface area contributed by atoms with Crippen molar-refractivity contribution >= 4 is 16.9 Å². The van der Waals surface area contributed by atoms with Gasteiger partial charge >= 0.3 is 5.97 Å². The van der Waals surface area contributed by atoms with Crippen molar-refractivity contribution in [3.05, 3.63) is 36.0 Å². The minimum Gasteiger partial charge on any atom is -0.480 e. The van der Waals surface area contributed by atoms with Gasteiger partial charge in [-0.3, -0.25) is 0 Å². The predicted octanol–water partition coefficient (Wildman–Crippen LogP) is 2.60. The van der Waals surface area contributed by atoms with Gasteiger partial charge in [-0.15, -0.1) is 0 Å². The molecule has 0 radical (unpaired) electrons. The van der Waals surface area contributed by atoms with Crippen LogP contribution in [0.3, 0.4) is 0 Å². The van der Waals surface area contributed by atoms with Crippen LogP contribution >= 0.6 is 0 Å². The van der Waals surface area contributed by atoms with Crippen molar-refractivity contribution in [3.63, 3.8) is 0 Å². The fraction of sp³-hybridized carbons (Fsp3) is 0.250. The maximum Gasteiger partial charge on any atom is 0.326 e. The zero-order valence-corrected chi connectivity index (χ0v) is 8.77. The Morgan fingerprint density at radius 2 is 2.07 bits per heavy atom. The molecular formula is C12H13NO2. The number of rotatable bonds is 2. The molecule has 0 spiro atoms. The van der Waals surface area contributed by atoms with Crippen molar-refractivity contribution in [3.8, 4) is 0 Å². The largest absolute Gasteiger partial charge is 0.480 e. The van der Waals surface area contributed by atoms with E-state index >= 15 is 0 Å². The molecule has 0 fully saturated rings. The highest BCUT2D eigenvalue weighted by Gasteiger charge is 2.17. The molecule has 3 heteroatoms. The number of para-hydroxylation sites is 1. The Kier molecular flexibility index (Phi) is 2.23. The molecule has 0 aliphatic heterocycles. The van der Waals surface area contributed by atoms with Gasteiger partial charge in [0.05, 0.1) is 0 Å².